The van der Waals surface area contributed by atoms with Crippen molar-refractivity contribution in [2.24, 2.45) is 0 Å². The van der Waals surface area contributed by atoms with E-state index in [2.05, 4.69) is 27.0 Å². The summed E-state index contributed by atoms with van der Waals surface area (Å²) in [6.45, 7) is 4.39. The highest BCUT2D eigenvalue weighted by Gasteiger charge is 2.25. The second kappa shape index (κ2) is 10.2. The van der Waals surface area contributed by atoms with Crippen LogP contribution in [0, 0.1) is 0 Å². The maximum absolute atomic E-state index is 12.5. The number of likely N-dealkylation sites (tertiary alicyclic amines) is 1. The van der Waals surface area contributed by atoms with Crippen molar-refractivity contribution in [3.63, 3.8) is 0 Å². The molecule has 5 nitrogen and oxygen atoms in total. The first kappa shape index (κ1) is 20.3. The highest BCUT2D eigenvalue weighted by molar-refractivity contribution is 7.10. The van der Waals surface area contributed by atoms with Crippen molar-refractivity contribution in [1.82, 2.24) is 15.5 Å². The summed E-state index contributed by atoms with van der Waals surface area (Å²) in [6, 6.07) is 13.4. The van der Waals surface area contributed by atoms with Crippen molar-refractivity contribution in [3.8, 4) is 0 Å². The number of amides is 2. The first-order chi connectivity index (χ1) is 13.6. The Hall–Kier alpha value is -2.44. The van der Waals surface area contributed by atoms with Crippen LogP contribution >= 0.6 is 11.3 Å². The van der Waals surface area contributed by atoms with E-state index in [-0.39, 0.29) is 17.9 Å². The van der Waals surface area contributed by atoms with Crippen molar-refractivity contribution in [2.45, 2.75) is 31.8 Å². The number of rotatable bonds is 8. The van der Waals surface area contributed by atoms with Crippen LogP contribution in [0.3, 0.4) is 0 Å². The Balaban J connectivity index is 1.50. The Morgan fingerprint density at radius 2 is 1.89 bits per heavy atom. The number of hydrogen-bond donors (Lipinski definition) is 2. The predicted molar refractivity (Wildman–Crippen MR) is 114 cm³/mol. The first-order valence-corrected chi connectivity index (χ1v) is 10.6. The van der Waals surface area contributed by atoms with Gasteiger partial charge in [-0.1, -0.05) is 36.4 Å². The molecule has 1 saturated heterocycles. The summed E-state index contributed by atoms with van der Waals surface area (Å²) in [4.78, 5) is 28.3. The SMILES string of the molecule is CC(NC(=O)/C=C/c1ccccc1)C(=O)NCC(c1cccs1)N1CCCC1. The molecule has 1 aliphatic rings. The number of nitrogens with zero attached hydrogens (tertiary/aromatic N) is 1. The largest absolute Gasteiger partial charge is 0.352 e. The van der Waals surface area contributed by atoms with Crippen LogP contribution in [0.4, 0.5) is 0 Å². The average molecular weight is 398 g/mol. The van der Waals surface area contributed by atoms with E-state index in [1.165, 1.54) is 23.8 Å². The molecule has 0 spiro atoms. The molecule has 2 N–H and O–H groups in total. The van der Waals surface area contributed by atoms with E-state index in [0.717, 1.165) is 18.7 Å². The zero-order valence-corrected chi connectivity index (χ0v) is 17.0. The monoisotopic (exact) mass is 397 g/mol. The zero-order valence-electron chi connectivity index (χ0n) is 16.1. The Morgan fingerprint density at radius 1 is 1.14 bits per heavy atom. The summed E-state index contributed by atoms with van der Waals surface area (Å²) in [5.74, 6) is -0.442. The molecule has 3 rings (SSSR count). The smallest absolute Gasteiger partial charge is 0.244 e. The molecule has 0 bridgehead atoms. The minimum Gasteiger partial charge on any atom is -0.352 e. The quantitative estimate of drug-likeness (QED) is 0.673. The Kier molecular flexibility index (Phi) is 7.39. The van der Waals surface area contributed by atoms with Crippen molar-refractivity contribution in [1.29, 1.82) is 0 Å². The first-order valence-electron chi connectivity index (χ1n) is 9.72. The van der Waals surface area contributed by atoms with Crippen LogP contribution < -0.4 is 10.6 Å². The van der Waals surface area contributed by atoms with Gasteiger partial charge in [-0.25, -0.2) is 0 Å². The summed E-state index contributed by atoms with van der Waals surface area (Å²) in [5.41, 5.74) is 0.944. The van der Waals surface area contributed by atoms with Gasteiger partial charge in [-0.15, -0.1) is 11.3 Å². The van der Waals surface area contributed by atoms with Gasteiger partial charge in [0.2, 0.25) is 11.8 Å². The Bertz CT molecular complexity index is 783. The van der Waals surface area contributed by atoms with Gasteiger partial charge >= 0.3 is 0 Å². The lowest BCUT2D eigenvalue weighted by Crippen LogP contribution is -2.46. The lowest BCUT2D eigenvalue weighted by Gasteiger charge is -2.27. The highest BCUT2D eigenvalue weighted by Crippen LogP contribution is 2.27. The van der Waals surface area contributed by atoms with Crippen molar-refractivity contribution >= 4 is 29.2 Å². The van der Waals surface area contributed by atoms with Crippen LogP contribution in [0.1, 0.15) is 36.2 Å². The maximum Gasteiger partial charge on any atom is 0.244 e. The molecule has 0 radical (unpaired) electrons. The molecular formula is C22H27N3O2S. The molecule has 2 atom stereocenters. The van der Waals surface area contributed by atoms with Gasteiger partial charge in [0.05, 0.1) is 6.04 Å². The minimum atomic E-state index is -0.588. The molecule has 6 heteroatoms. The van der Waals surface area contributed by atoms with Gasteiger partial charge in [-0.05, 0) is 55.9 Å². The second-order valence-corrected chi connectivity index (χ2v) is 7.97. The van der Waals surface area contributed by atoms with Crippen LogP contribution in [0.15, 0.2) is 53.9 Å². The summed E-state index contributed by atoms with van der Waals surface area (Å²) >= 11 is 1.72. The summed E-state index contributed by atoms with van der Waals surface area (Å²) in [6.07, 6.45) is 5.60. The number of benzene rings is 1. The molecule has 2 aromatic rings. The molecule has 148 valence electrons. The fourth-order valence-corrected chi connectivity index (χ4v) is 4.22. The van der Waals surface area contributed by atoms with E-state index in [1.54, 1.807) is 24.3 Å². The normalized spacial score (nSPS) is 16.8. The van der Waals surface area contributed by atoms with E-state index < -0.39 is 6.04 Å². The number of carbonyl (C=O) groups excluding carboxylic acids is 2. The summed E-state index contributed by atoms with van der Waals surface area (Å²) < 4.78 is 0. The van der Waals surface area contributed by atoms with Crippen molar-refractivity contribution in [2.75, 3.05) is 19.6 Å². The number of nitrogens with one attached hydrogen (secondary N) is 2. The lowest BCUT2D eigenvalue weighted by molar-refractivity contribution is -0.126. The standard InChI is InChI=1S/C22H27N3O2S/c1-17(24-21(26)12-11-18-8-3-2-4-9-18)22(27)23-16-19(20-10-7-15-28-20)25-13-5-6-14-25/h2-4,7-12,15,17,19H,5-6,13-14,16H2,1H3,(H,23,27)(H,24,26)/b12-11+. The third kappa shape index (κ3) is 5.78. The molecule has 2 unspecified atom stereocenters. The topological polar surface area (TPSA) is 61.4 Å². The molecule has 2 amide bonds. The molecule has 1 aromatic carbocycles. The third-order valence-corrected chi connectivity index (χ3v) is 5.87. The minimum absolute atomic E-state index is 0.165. The summed E-state index contributed by atoms with van der Waals surface area (Å²) in [5, 5.41) is 7.81. The van der Waals surface area contributed by atoms with E-state index >= 15 is 0 Å². The van der Waals surface area contributed by atoms with Gasteiger partial charge in [-0.2, -0.15) is 0 Å². The van der Waals surface area contributed by atoms with Gasteiger partial charge in [0.25, 0.3) is 0 Å². The number of thiophene rings is 1. The second-order valence-electron chi connectivity index (χ2n) is 6.99. The molecule has 2 heterocycles. The van der Waals surface area contributed by atoms with Gasteiger partial charge in [0.1, 0.15) is 6.04 Å². The molecule has 1 fully saturated rings. The Labute approximate surface area is 170 Å². The fraction of sp³-hybridized carbons (Fsp3) is 0.364. The molecule has 0 aliphatic carbocycles. The van der Waals surface area contributed by atoms with E-state index in [1.807, 2.05) is 36.4 Å². The van der Waals surface area contributed by atoms with E-state index in [4.69, 9.17) is 0 Å². The number of carbonyl (C=O) groups is 2. The third-order valence-electron chi connectivity index (χ3n) is 4.90. The fourth-order valence-electron chi connectivity index (χ4n) is 3.36. The van der Waals surface area contributed by atoms with Crippen LogP contribution in [0.5, 0.6) is 0 Å². The molecule has 1 aliphatic heterocycles. The molecule has 28 heavy (non-hydrogen) atoms. The van der Waals surface area contributed by atoms with Crippen LogP contribution in [0.2, 0.25) is 0 Å². The molecular weight excluding hydrogens is 370 g/mol. The highest BCUT2D eigenvalue weighted by atomic mass is 32.1. The average Bonchev–Trinajstić information content (AvgIpc) is 3.42. The zero-order chi connectivity index (χ0) is 19.8. The van der Waals surface area contributed by atoms with Gasteiger partial charge in [-0.3, -0.25) is 14.5 Å². The maximum atomic E-state index is 12.5. The van der Waals surface area contributed by atoms with Gasteiger partial charge < -0.3 is 10.6 Å². The number of hydrogen-bond acceptors (Lipinski definition) is 4. The van der Waals surface area contributed by atoms with Crippen molar-refractivity contribution in [3.05, 3.63) is 64.4 Å². The van der Waals surface area contributed by atoms with E-state index in [0.29, 0.717) is 6.54 Å². The predicted octanol–water partition coefficient (Wildman–Crippen LogP) is 3.22. The van der Waals surface area contributed by atoms with Gasteiger partial charge in [0.15, 0.2) is 0 Å². The molecule has 0 saturated carbocycles. The van der Waals surface area contributed by atoms with Crippen LogP contribution in [-0.4, -0.2) is 42.4 Å². The Morgan fingerprint density at radius 3 is 2.57 bits per heavy atom. The van der Waals surface area contributed by atoms with Crippen LogP contribution in [0.25, 0.3) is 6.08 Å². The lowest BCUT2D eigenvalue weighted by atomic mass is 10.2. The van der Waals surface area contributed by atoms with E-state index in [9.17, 15) is 9.59 Å². The summed E-state index contributed by atoms with van der Waals surface area (Å²) in [7, 11) is 0. The molecule has 1 aromatic heterocycles. The van der Waals surface area contributed by atoms with Gasteiger partial charge in [0, 0.05) is 17.5 Å². The van der Waals surface area contributed by atoms with Crippen LogP contribution in [-0.2, 0) is 9.59 Å². The van der Waals surface area contributed by atoms with Crippen molar-refractivity contribution < 1.29 is 9.59 Å².